The van der Waals surface area contributed by atoms with Gasteiger partial charge in [0.25, 0.3) is 0 Å². The van der Waals surface area contributed by atoms with Gasteiger partial charge in [-0.05, 0) is 25.7 Å². The molecule has 0 aliphatic carbocycles. The van der Waals surface area contributed by atoms with E-state index in [2.05, 4.69) is 27.7 Å². The smallest absolute Gasteiger partial charge is 0.0591 e. The van der Waals surface area contributed by atoms with Crippen LogP contribution >= 0.6 is 7.26 Å². The SMILES string of the molecule is CCC[P+](CCC)(CCC)CCC.[Cl-]. The van der Waals surface area contributed by atoms with E-state index in [-0.39, 0.29) is 12.4 Å². The first kappa shape index (κ1) is 17.1. The molecule has 0 unspecified atom stereocenters. The molecule has 0 N–H and O–H groups in total. The molecule has 0 rings (SSSR count). The highest BCUT2D eigenvalue weighted by Gasteiger charge is 2.32. The third kappa shape index (κ3) is 6.25. The van der Waals surface area contributed by atoms with Gasteiger partial charge in [0.15, 0.2) is 0 Å². The summed E-state index contributed by atoms with van der Waals surface area (Å²) in [5.41, 5.74) is 0. The number of hydrogen-bond acceptors (Lipinski definition) is 0. The van der Waals surface area contributed by atoms with Crippen LogP contribution in [0.2, 0.25) is 0 Å². The monoisotopic (exact) mass is 238 g/mol. The van der Waals surface area contributed by atoms with Gasteiger partial charge in [-0.2, -0.15) is 0 Å². The Hall–Kier alpha value is 0.720. The third-order valence-electron chi connectivity index (χ3n) is 2.79. The highest BCUT2D eigenvalue weighted by Crippen LogP contribution is 2.60. The van der Waals surface area contributed by atoms with Crippen molar-refractivity contribution in [1.29, 1.82) is 0 Å². The summed E-state index contributed by atoms with van der Waals surface area (Å²) >= 11 is 0. The second-order valence-electron chi connectivity index (χ2n) is 4.24. The minimum atomic E-state index is -0.496. The lowest BCUT2D eigenvalue weighted by molar-refractivity contribution is -0.00000318. The Balaban J connectivity index is 0. The number of hydrogen-bond donors (Lipinski definition) is 0. The van der Waals surface area contributed by atoms with Crippen molar-refractivity contribution >= 4 is 7.26 Å². The largest absolute Gasteiger partial charge is 1.00 e. The zero-order valence-electron chi connectivity index (χ0n) is 10.5. The molecule has 88 valence electrons. The highest BCUT2D eigenvalue weighted by atomic mass is 35.5. The van der Waals surface area contributed by atoms with Crippen molar-refractivity contribution < 1.29 is 12.4 Å². The molecule has 0 saturated carbocycles. The first-order valence-corrected chi connectivity index (χ1v) is 8.62. The summed E-state index contributed by atoms with van der Waals surface area (Å²) in [4.78, 5) is 0. The van der Waals surface area contributed by atoms with Gasteiger partial charge in [0.05, 0.1) is 24.6 Å². The van der Waals surface area contributed by atoms with E-state index in [0.29, 0.717) is 0 Å². The molecule has 2 heteroatoms. The van der Waals surface area contributed by atoms with E-state index < -0.39 is 7.26 Å². The molecule has 0 aromatic rings. The second kappa shape index (κ2) is 10.2. The predicted molar refractivity (Wildman–Crippen MR) is 67.6 cm³/mol. The molecule has 0 aliphatic rings. The summed E-state index contributed by atoms with van der Waals surface area (Å²) in [5, 5.41) is 0. The molecule has 0 nitrogen and oxygen atoms in total. The number of halogens is 1. The molecular weight excluding hydrogens is 211 g/mol. The fourth-order valence-electron chi connectivity index (χ4n) is 2.57. The molecular formula is C12H28ClP. The van der Waals surface area contributed by atoms with Crippen molar-refractivity contribution in [1.82, 2.24) is 0 Å². The molecule has 0 heterocycles. The van der Waals surface area contributed by atoms with Crippen molar-refractivity contribution in [2.24, 2.45) is 0 Å². The maximum Gasteiger partial charge on any atom is 0.0591 e. The topological polar surface area (TPSA) is 0 Å². The maximum atomic E-state index is 2.36. The molecule has 0 radical (unpaired) electrons. The van der Waals surface area contributed by atoms with Gasteiger partial charge in [-0.25, -0.2) is 0 Å². The molecule has 0 aliphatic heterocycles. The van der Waals surface area contributed by atoms with Crippen LogP contribution in [0.25, 0.3) is 0 Å². The Kier molecular flexibility index (Phi) is 12.5. The fourth-order valence-corrected chi connectivity index (χ4v) is 7.70. The minimum absolute atomic E-state index is 0. The van der Waals surface area contributed by atoms with E-state index in [1.54, 1.807) is 24.6 Å². The van der Waals surface area contributed by atoms with Gasteiger partial charge >= 0.3 is 0 Å². The zero-order chi connectivity index (χ0) is 10.2. The lowest BCUT2D eigenvalue weighted by atomic mass is 10.5. The summed E-state index contributed by atoms with van der Waals surface area (Å²) in [6, 6.07) is 0. The predicted octanol–water partition coefficient (Wildman–Crippen LogP) is 1.65. The van der Waals surface area contributed by atoms with E-state index in [1.165, 1.54) is 25.7 Å². The first-order valence-electron chi connectivity index (χ1n) is 6.09. The molecule has 0 aromatic heterocycles. The van der Waals surface area contributed by atoms with Crippen LogP contribution in [0.1, 0.15) is 53.4 Å². The molecule has 0 aromatic carbocycles. The van der Waals surface area contributed by atoms with Gasteiger partial charge in [-0.15, -0.1) is 0 Å². The van der Waals surface area contributed by atoms with Gasteiger partial charge in [0.1, 0.15) is 0 Å². The summed E-state index contributed by atoms with van der Waals surface area (Å²) in [6.07, 6.45) is 11.9. The van der Waals surface area contributed by atoms with Gasteiger partial charge in [0, 0.05) is 7.26 Å². The van der Waals surface area contributed by atoms with E-state index in [0.717, 1.165) is 0 Å². The molecule has 0 amide bonds. The van der Waals surface area contributed by atoms with Gasteiger partial charge < -0.3 is 12.4 Å². The van der Waals surface area contributed by atoms with E-state index in [1.807, 2.05) is 0 Å². The fraction of sp³-hybridized carbons (Fsp3) is 1.00. The Bertz CT molecular complexity index is 85.4. The normalized spacial score (nSPS) is 11.1. The van der Waals surface area contributed by atoms with Crippen LogP contribution in [0.15, 0.2) is 0 Å². The van der Waals surface area contributed by atoms with Crippen LogP contribution in [-0.4, -0.2) is 24.6 Å². The van der Waals surface area contributed by atoms with Gasteiger partial charge in [0.2, 0.25) is 0 Å². The first-order chi connectivity index (χ1) is 6.24. The Labute approximate surface area is 98.0 Å². The Morgan fingerprint density at radius 1 is 0.571 bits per heavy atom. The van der Waals surface area contributed by atoms with E-state index >= 15 is 0 Å². The average Bonchev–Trinajstić information content (AvgIpc) is 2.06. The number of rotatable bonds is 8. The van der Waals surface area contributed by atoms with Crippen LogP contribution < -0.4 is 12.4 Å². The third-order valence-corrected chi connectivity index (χ3v) is 8.38. The summed E-state index contributed by atoms with van der Waals surface area (Å²) < 4.78 is 0. The molecule has 0 atom stereocenters. The Morgan fingerprint density at radius 3 is 0.929 bits per heavy atom. The maximum absolute atomic E-state index is 2.36. The highest BCUT2D eigenvalue weighted by molar-refractivity contribution is 7.75. The van der Waals surface area contributed by atoms with Crippen LogP contribution in [0.4, 0.5) is 0 Å². The van der Waals surface area contributed by atoms with Gasteiger partial charge in [-0.1, -0.05) is 27.7 Å². The molecule has 14 heavy (non-hydrogen) atoms. The minimum Gasteiger partial charge on any atom is -1.00 e. The summed E-state index contributed by atoms with van der Waals surface area (Å²) in [6.45, 7) is 9.43. The van der Waals surface area contributed by atoms with Crippen LogP contribution in [0.5, 0.6) is 0 Å². The van der Waals surface area contributed by atoms with Crippen molar-refractivity contribution in [3.8, 4) is 0 Å². The average molecular weight is 239 g/mol. The Morgan fingerprint density at radius 2 is 0.786 bits per heavy atom. The van der Waals surface area contributed by atoms with E-state index in [4.69, 9.17) is 0 Å². The van der Waals surface area contributed by atoms with Crippen molar-refractivity contribution in [2.45, 2.75) is 53.4 Å². The lowest BCUT2D eigenvalue weighted by Crippen LogP contribution is -3.00. The molecule has 0 saturated heterocycles. The van der Waals surface area contributed by atoms with Crippen molar-refractivity contribution in [3.63, 3.8) is 0 Å². The molecule has 0 bridgehead atoms. The van der Waals surface area contributed by atoms with E-state index in [9.17, 15) is 0 Å². The molecule has 0 fully saturated rings. The van der Waals surface area contributed by atoms with Crippen LogP contribution in [0, 0.1) is 0 Å². The van der Waals surface area contributed by atoms with Crippen LogP contribution in [-0.2, 0) is 0 Å². The summed E-state index contributed by atoms with van der Waals surface area (Å²) in [5.74, 6) is 0. The van der Waals surface area contributed by atoms with Crippen LogP contribution in [0.3, 0.4) is 0 Å². The zero-order valence-corrected chi connectivity index (χ0v) is 12.1. The van der Waals surface area contributed by atoms with Gasteiger partial charge in [-0.3, -0.25) is 0 Å². The van der Waals surface area contributed by atoms with Crippen molar-refractivity contribution in [3.05, 3.63) is 0 Å². The summed E-state index contributed by atoms with van der Waals surface area (Å²) in [7, 11) is -0.496. The second-order valence-corrected chi connectivity index (χ2v) is 8.71. The molecule has 0 spiro atoms. The van der Waals surface area contributed by atoms with Crippen molar-refractivity contribution in [2.75, 3.05) is 24.6 Å². The standard InChI is InChI=1S/C12H28P.ClH/c1-5-9-13(10-6-2,11-7-3)12-8-4;/h5-12H2,1-4H3;1H/q+1;/p-1. The lowest BCUT2D eigenvalue weighted by Gasteiger charge is -2.26. The quantitative estimate of drug-likeness (QED) is 0.564.